The van der Waals surface area contributed by atoms with Gasteiger partial charge in [0.1, 0.15) is 11.5 Å². The molecule has 0 saturated heterocycles. The molecule has 0 bridgehead atoms. The monoisotopic (exact) mass is 222 g/mol. The molecule has 0 saturated carbocycles. The van der Waals surface area contributed by atoms with Crippen molar-refractivity contribution in [3.8, 4) is 11.5 Å². The van der Waals surface area contributed by atoms with Gasteiger partial charge in [-0.2, -0.15) is 0 Å². The lowest BCUT2D eigenvalue weighted by Crippen LogP contribution is -2.14. The molecular formula is C14H22O2. The maximum absolute atomic E-state index is 5.74. The smallest absolute Gasteiger partial charge is 0.126 e. The summed E-state index contributed by atoms with van der Waals surface area (Å²) in [5.74, 6) is 1.89. The molecule has 2 nitrogen and oxygen atoms in total. The summed E-state index contributed by atoms with van der Waals surface area (Å²) in [5, 5.41) is 0. The molecule has 0 unspecified atom stereocenters. The van der Waals surface area contributed by atoms with Crippen molar-refractivity contribution in [1.82, 2.24) is 0 Å². The van der Waals surface area contributed by atoms with Gasteiger partial charge >= 0.3 is 0 Å². The lowest BCUT2D eigenvalue weighted by Gasteiger charge is -2.24. The Labute approximate surface area is 98.6 Å². The fraction of sp³-hybridized carbons (Fsp3) is 0.571. The Hall–Kier alpha value is -1.18. The molecule has 2 heteroatoms. The second kappa shape index (κ2) is 4.77. The van der Waals surface area contributed by atoms with Gasteiger partial charge in [0.05, 0.1) is 13.7 Å². The molecule has 0 N–H and O–H groups in total. The summed E-state index contributed by atoms with van der Waals surface area (Å²) < 4.78 is 11.0. The number of methoxy groups -OCH3 is 1. The summed E-state index contributed by atoms with van der Waals surface area (Å²) in [6.45, 7) is 11.3. The van der Waals surface area contributed by atoms with Crippen molar-refractivity contribution in [2.45, 2.75) is 40.0 Å². The molecular weight excluding hydrogens is 200 g/mol. The number of ether oxygens (including phenoxy) is 2. The van der Waals surface area contributed by atoms with Crippen molar-refractivity contribution >= 4 is 0 Å². The Bertz CT molecular complexity index is 362. The Morgan fingerprint density at radius 3 is 2.25 bits per heavy atom. The molecule has 1 aromatic rings. The van der Waals surface area contributed by atoms with Gasteiger partial charge in [0, 0.05) is 5.56 Å². The minimum atomic E-state index is 0.0593. The first kappa shape index (κ1) is 12.9. The first-order valence-electron chi connectivity index (χ1n) is 5.72. The molecule has 0 aliphatic rings. The van der Waals surface area contributed by atoms with Crippen LogP contribution in [0.15, 0.2) is 12.1 Å². The minimum absolute atomic E-state index is 0.0593. The highest BCUT2D eigenvalue weighted by Gasteiger charge is 2.21. The van der Waals surface area contributed by atoms with Gasteiger partial charge in [-0.25, -0.2) is 0 Å². The highest BCUT2D eigenvalue weighted by atomic mass is 16.5. The average Bonchev–Trinajstić information content (AvgIpc) is 2.19. The van der Waals surface area contributed by atoms with Crippen molar-refractivity contribution in [3.05, 3.63) is 23.3 Å². The quantitative estimate of drug-likeness (QED) is 0.776. The van der Waals surface area contributed by atoms with Crippen molar-refractivity contribution < 1.29 is 9.47 Å². The molecule has 1 aromatic carbocycles. The van der Waals surface area contributed by atoms with Crippen molar-refractivity contribution in [3.63, 3.8) is 0 Å². The van der Waals surface area contributed by atoms with E-state index >= 15 is 0 Å². The van der Waals surface area contributed by atoms with Crippen LogP contribution in [0.3, 0.4) is 0 Å². The second-order valence-electron chi connectivity index (χ2n) is 5.00. The maximum atomic E-state index is 5.74. The van der Waals surface area contributed by atoms with E-state index < -0.39 is 0 Å². The Morgan fingerprint density at radius 2 is 1.81 bits per heavy atom. The van der Waals surface area contributed by atoms with Crippen LogP contribution in [0.5, 0.6) is 11.5 Å². The van der Waals surface area contributed by atoms with Crippen molar-refractivity contribution in [2.75, 3.05) is 13.7 Å². The SMILES string of the molecule is CCOc1c(C)cc(OC)cc1C(C)(C)C. The van der Waals surface area contributed by atoms with Crippen LogP contribution in [0.1, 0.15) is 38.8 Å². The molecule has 0 radical (unpaired) electrons. The van der Waals surface area contributed by atoms with Crippen LogP contribution in [-0.2, 0) is 5.41 Å². The molecule has 0 amide bonds. The topological polar surface area (TPSA) is 18.5 Å². The summed E-state index contributed by atoms with van der Waals surface area (Å²) in [5.41, 5.74) is 2.39. The molecule has 0 atom stereocenters. The summed E-state index contributed by atoms with van der Waals surface area (Å²) in [4.78, 5) is 0. The minimum Gasteiger partial charge on any atom is -0.497 e. The molecule has 90 valence electrons. The maximum Gasteiger partial charge on any atom is 0.126 e. The second-order valence-corrected chi connectivity index (χ2v) is 5.00. The van der Waals surface area contributed by atoms with Crippen LogP contribution < -0.4 is 9.47 Å². The normalized spacial score (nSPS) is 11.4. The van der Waals surface area contributed by atoms with Crippen LogP contribution in [0.2, 0.25) is 0 Å². The number of rotatable bonds is 3. The van der Waals surface area contributed by atoms with Gasteiger partial charge < -0.3 is 9.47 Å². The summed E-state index contributed by atoms with van der Waals surface area (Å²) >= 11 is 0. The van der Waals surface area contributed by atoms with Gasteiger partial charge in [0.15, 0.2) is 0 Å². The number of benzene rings is 1. The lowest BCUT2D eigenvalue weighted by molar-refractivity contribution is 0.325. The van der Waals surface area contributed by atoms with Crippen LogP contribution in [-0.4, -0.2) is 13.7 Å². The zero-order valence-electron chi connectivity index (χ0n) is 11.2. The highest BCUT2D eigenvalue weighted by Crippen LogP contribution is 2.37. The molecule has 1 rings (SSSR count). The van der Waals surface area contributed by atoms with E-state index in [4.69, 9.17) is 9.47 Å². The molecule has 0 aromatic heterocycles. The number of hydrogen-bond acceptors (Lipinski definition) is 2. The largest absolute Gasteiger partial charge is 0.497 e. The zero-order chi connectivity index (χ0) is 12.3. The van der Waals surface area contributed by atoms with E-state index in [1.54, 1.807) is 7.11 Å². The van der Waals surface area contributed by atoms with E-state index in [1.807, 2.05) is 13.0 Å². The van der Waals surface area contributed by atoms with E-state index in [9.17, 15) is 0 Å². The molecule has 0 spiro atoms. The van der Waals surface area contributed by atoms with Gasteiger partial charge in [0.25, 0.3) is 0 Å². The third-order valence-corrected chi connectivity index (χ3v) is 2.58. The molecule has 0 fully saturated rings. The summed E-state index contributed by atoms with van der Waals surface area (Å²) in [7, 11) is 1.70. The lowest BCUT2D eigenvalue weighted by atomic mass is 9.85. The summed E-state index contributed by atoms with van der Waals surface area (Å²) in [6.07, 6.45) is 0. The standard InChI is InChI=1S/C14H22O2/c1-7-16-13-10(2)8-11(15-6)9-12(13)14(3,4)5/h8-9H,7H2,1-6H3. The molecule has 0 aliphatic carbocycles. The van der Waals surface area contributed by atoms with Crippen LogP contribution in [0.4, 0.5) is 0 Å². The van der Waals surface area contributed by atoms with E-state index in [-0.39, 0.29) is 5.41 Å². The van der Waals surface area contributed by atoms with Crippen molar-refractivity contribution in [2.24, 2.45) is 0 Å². The number of aryl methyl sites for hydroxylation is 1. The number of hydrogen-bond donors (Lipinski definition) is 0. The average molecular weight is 222 g/mol. The van der Waals surface area contributed by atoms with Crippen LogP contribution in [0, 0.1) is 6.92 Å². The zero-order valence-corrected chi connectivity index (χ0v) is 11.2. The van der Waals surface area contributed by atoms with E-state index in [0.29, 0.717) is 6.61 Å². The Balaban J connectivity index is 3.34. The van der Waals surface area contributed by atoms with Crippen LogP contribution >= 0.6 is 0 Å². The van der Waals surface area contributed by atoms with Crippen molar-refractivity contribution in [1.29, 1.82) is 0 Å². The van der Waals surface area contributed by atoms with Gasteiger partial charge in [0.2, 0.25) is 0 Å². The first-order chi connectivity index (χ1) is 7.40. The fourth-order valence-electron chi connectivity index (χ4n) is 1.75. The van der Waals surface area contributed by atoms with E-state index in [2.05, 4.69) is 33.8 Å². The third kappa shape index (κ3) is 2.69. The van der Waals surface area contributed by atoms with Gasteiger partial charge in [-0.05, 0) is 37.0 Å². The first-order valence-corrected chi connectivity index (χ1v) is 5.72. The predicted molar refractivity (Wildman–Crippen MR) is 67.6 cm³/mol. The van der Waals surface area contributed by atoms with Gasteiger partial charge in [-0.3, -0.25) is 0 Å². The summed E-state index contributed by atoms with van der Waals surface area (Å²) in [6, 6.07) is 4.08. The van der Waals surface area contributed by atoms with Gasteiger partial charge in [-0.1, -0.05) is 20.8 Å². The molecule has 0 heterocycles. The van der Waals surface area contributed by atoms with E-state index in [0.717, 1.165) is 17.1 Å². The molecule has 16 heavy (non-hydrogen) atoms. The van der Waals surface area contributed by atoms with E-state index in [1.165, 1.54) is 5.56 Å². The Morgan fingerprint density at radius 1 is 1.19 bits per heavy atom. The highest BCUT2D eigenvalue weighted by molar-refractivity contribution is 5.49. The third-order valence-electron chi connectivity index (χ3n) is 2.58. The molecule has 0 aliphatic heterocycles. The Kier molecular flexibility index (Phi) is 3.84. The predicted octanol–water partition coefficient (Wildman–Crippen LogP) is 3.70. The fourth-order valence-corrected chi connectivity index (χ4v) is 1.75. The van der Waals surface area contributed by atoms with Gasteiger partial charge in [-0.15, -0.1) is 0 Å². The van der Waals surface area contributed by atoms with Crippen LogP contribution in [0.25, 0.3) is 0 Å².